The van der Waals surface area contributed by atoms with Gasteiger partial charge in [-0.2, -0.15) is 0 Å². The topological polar surface area (TPSA) is 35.5 Å². The zero-order valence-electron chi connectivity index (χ0n) is 16.1. The van der Waals surface area contributed by atoms with Crippen LogP contribution in [0, 0.1) is 0 Å². The summed E-state index contributed by atoms with van der Waals surface area (Å²) in [6.45, 7) is 0. The maximum absolute atomic E-state index is 12.6. The Labute approximate surface area is 174 Å². The first-order valence-corrected chi connectivity index (χ1v) is 10.5. The van der Waals surface area contributed by atoms with Gasteiger partial charge in [-0.1, -0.05) is 48.2 Å². The quantitative estimate of drug-likeness (QED) is 0.394. The van der Waals surface area contributed by atoms with Gasteiger partial charge < -0.3 is 9.47 Å². The minimum atomic E-state index is 0.160. The molecular weight excluding hydrogens is 380 g/mol. The van der Waals surface area contributed by atoms with Crippen molar-refractivity contribution < 1.29 is 14.3 Å². The van der Waals surface area contributed by atoms with Crippen molar-refractivity contribution in [2.45, 2.75) is 28.6 Å². The van der Waals surface area contributed by atoms with Crippen molar-refractivity contribution in [1.29, 1.82) is 0 Å². The molecular formula is C25H20O3S. The van der Waals surface area contributed by atoms with Crippen LogP contribution >= 0.6 is 11.8 Å². The van der Waals surface area contributed by atoms with Gasteiger partial charge in [0.15, 0.2) is 5.78 Å². The third-order valence-electron chi connectivity index (χ3n) is 5.44. The highest BCUT2D eigenvalue weighted by Crippen LogP contribution is 2.50. The molecule has 3 aromatic carbocycles. The number of para-hydroxylation sites is 2. The van der Waals surface area contributed by atoms with Gasteiger partial charge in [0.25, 0.3) is 0 Å². The molecule has 0 saturated heterocycles. The monoisotopic (exact) mass is 400 g/mol. The van der Waals surface area contributed by atoms with Crippen molar-refractivity contribution in [2.75, 3.05) is 7.11 Å². The Morgan fingerprint density at radius 1 is 0.931 bits per heavy atom. The van der Waals surface area contributed by atoms with E-state index in [0.29, 0.717) is 6.42 Å². The second kappa shape index (κ2) is 7.45. The molecule has 0 fully saturated rings. The summed E-state index contributed by atoms with van der Waals surface area (Å²) in [4.78, 5) is 14.8. The lowest BCUT2D eigenvalue weighted by molar-refractivity contribution is -0.115. The molecule has 0 aromatic heterocycles. The van der Waals surface area contributed by atoms with Crippen LogP contribution in [0.4, 0.5) is 0 Å². The minimum Gasteiger partial charge on any atom is -0.497 e. The van der Waals surface area contributed by atoms with Crippen LogP contribution in [0.15, 0.2) is 82.6 Å². The van der Waals surface area contributed by atoms with Gasteiger partial charge in [0.1, 0.15) is 17.2 Å². The molecule has 29 heavy (non-hydrogen) atoms. The van der Waals surface area contributed by atoms with Crippen molar-refractivity contribution in [3.8, 4) is 17.2 Å². The second-order valence-electron chi connectivity index (χ2n) is 7.30. The molecule has 3 nitrogen and oxygen atoms in total. The molecule has 2 aliphatic rings. The molecule has 0 radical (unpaired) electrons. The fourth-order valence-corrected chi connectivity index (χ4v) is 4.98. The van der Waals surface area contributed by atoms with Crippen LogP contribution < -0.4 is 9.47 Å². The maximum atomic E-state index is 12.6. The summed E-state index contributed by atoms with van der Waals surface area (Å²) in [6, 6.07) is 22.3. The molecule has 0 amide bonds. The van der Waals surface area contributed by atoms with Crippen LogP contribution in [0.5, 0.6) is 17.2 Å². The van der Waals surface area contributed by atoms with Crippen LogP contribution in [0.1, 0.15) is 29.9 Å². The maximum Gasteiger partial charge on any atom is 0.156 e. The molecule has 1 atom stereocenters. The first-order chi connectivity index (χ1) is 14.2. The molecule has 3 aromatic rings. The molecule has 0 bridgehead atoms. The van der Waals surface area contributed by atoms with Crippen molar-refractivity contribution in [1.82, 2.24) is 0 Å². The lowest BCUT2D eigenvalue weighted by Crippen LogP contribution is -2.13. The normalized spacial score (nSPS) is 17.6. The van der Waals surface area contributed by atoms with Crippen molar-refractivity contribution in [3.63, 3.8) is 0 Å². The molecule has 144 valence electrons. The van der Waals surface area contributed by atoms with E-state index in [1.165, 1.54) is 0 Å². The average Bonchev–Trinajstić information content (AvgIpc) is 2.77. The van der Waals surface area contributed by atoms with Gasteiger partial charge in [-0.25, -0.2) is 0 Å². The number of methoxy groups -OCH3 is 1. The van der Waals surface area contributed by atoms with E-state index in [1.54, 1.807) is 24.9 Å². The van der Waals surface area contributed by atoms with Crippen LogP contribution in [-0.4, -0.2) is 12.9 Å². The second-order valence-corrected chi connectivity index (χ2v) is 8.38. The van der Waals surface area contributed by atoms with Gasteiger partial charge in [0.05, 0.1) is 16.9 Å². The van der Waals surface area contributed by atoms with Gasteiger partial charge >= 0.3 is 0 Å². The minimum absolute atomic E-state index is 0.160. The highest BCUT2D eigenvalue weighted by Gasteiger charge is 2.27. The van der Waals surface area contributed by atoms with Crippen LogP contribution in [0.3, 0.4) is 0 Å². The van der Waals surface area contributed by atoms with Crippen molar-refractivity contribution in [3.05, 3.63) is 83.9 Å². The number of hydrogen-bond acceptors (Lipinski definition) is 4. The summed E-state index contributed by atoms with van der Waals surface area (Å²) in [7, 11) is 1.66. The Morgan fingerprint density at radius 3 is 2.55 bits per heavy atom. The van der Waals surface area contributed by atoms with Crippen molar-refractivity contribution >= 4 is 23.1 Å². The Bertz CT molecular complexity index is 1120. The number of allylic oxidation sites excluding steroid dienone is 2. The third-order valence-corrected chi connectivity index (χ3v) is 6.54. The fraction of sp³-hybridized carbons (Fsp3) is 0.160. The lowest BCUT2D eigenvalue weighted by atomic mass is 9.81. The average molecular weight is 400 g/mol. The van der Waals surface area contributed by atoms with Crippen LogP contribution in [0.25, 0.3) is 5.57 Å². The number of hydrogen-bond donors (Lipinski definition) is 0. The predicted molar refractivity (Wildman–Crippen MR) is 115 cm³/mol. The van der Waals surface area contributed by atoms with Gasteiger partial charge in [0, 0.05) is 12.0 Å². The number of benzene rings is 3. The summed E-state index contributed by atoms with van der Waals surface area (Å²) < 4.78 is 11.5. The van der Waals surface area contributed by atoms with E-state index in [9.17, 15) is 4.79 Å². The standard InChI is InChI=1S/C25H20O3S/c1-27-20-11-9-16(10-12-20)17-13-18(15-19(26)14-17)21-5-4-8-24-25(21)28-22-6-2-3-7-23(22)29-24/h2-12,15,17H,13-14H2,1H3/t17-/m1/s1. The third kappa shape index (κ3) is 3.45. The summed E-state index contributed by atoms with van der Waals surface area (Å²) in [5, 5.41) is 0. The van der Waals surface area contributed by atoms with E-state index < -0.39 is 0 Å². The van der Waals surface area contributed by atoms with E-state index in [2.05, 4.69) is 30.3 Å². The van der Waals surface area contributed by atoms with Gasteiger partial charge in [0.2, 0.25) is 0 Å². The van der Waals surface area contributed by atoms with E-state index >= 15 is 0 Å². The van der Waals surface area contributed by atoms with E-state index in [0.717, 1.165) is 50.2 Å². The summed E-state index contributed by atoms with van der Waals surface area (Å²) in [6.07, 6.45) is 3.14. The van der Waals surface area contributed by atoms with Crippen LogP contribution in [-0.2, 0) is 4.79 Å². The Morgan fingerprint density at radius 2 is 1.72 bits per heavy atom. The number of ketones is 1. The number of rotatable bonds is 3. The summed E-state index contributed by atoms with van der Waals surface area (Å²) >= 11 is 1.71. The Kier molecular flexibility index (Phi) is 4.64. The largest absolute Gasteiger partial charge is 0.497 e. The number of fused-ring (bicyclic) bond motifs is 2. The van der Waals surface area contributed by atoms with E-state index in [-0.39, 0.29) is 11.7 Å². The van der Waals surface area contributed by atoms with E-state index in [1.807, 2.05) is 36.4 Å². The Hall–Kier alpha value is -2.98. The fourth-order valence-electron chi connectivity index (χ4n) is 3.99. The molecule has 1 aliphatic heterocycles. The van der Waals surface area contributed by atoms with Crippen LogP contribution in [0.2, 0.25) is 0 Å². The Balaban J connectivity index is 1.49. The van der Waals surface area contributed by atoms with Gasteiger partial charge in [-0.15, -0.1) is 0 Å². The molecule has 0 unspecified atom stereocenters. The zero-order valence-corrected chi connectivity index (χ0v) is 16.9. The summed E-state index contributed by atoms with van der Waals surface area (Å²) in [5.41, 5.74) is 3.21. The highest BCUT2D eigenvalue weighted by atomic mass is 32.2. The molecule has 4 heteroatoms. The number of ether oxygens (including phenoxy) is 2. The molecule has 1 heterocycles. The zero-order chi connectivity index (χ0) is 19.8. The number of carbonyl (C=O) groups is 1. The first-order valence-electron chi connectivity index (χ1n) is 9.67. The molecule has 5 rings (SSSR count). The molecule has 0 N–H and O–H groups in total. The predicted octanol–water partition coefficient (Wildman–Crippen LogP) is 6.48. The molecule has 1 aliphatic carbocycles. The highest BCUT2D eigenvalue weighted by molar-refractivity contribution is 7.99. The van der Waals surface area contributed by atoms with Gasteiger partial charge in [-0.05, 0) is 59.9 Å². The lowest BCUT2D eigenvalue weighted by Gasteiger charge is -2.26. The molecule has 0 spiro atoms. The summed E-state index contributed by atoms with van der Waals surface area (Å²) in [5.74, 6) is 2.87. The SMILES string of the molecule is COc1ccc([C@H]2CC(=O)C=C(c3cccc4c3Oc3ccccc3S4)C2)cc1. The first kappa shape index (κ1) is 18.1. The number of carbonyl (C=O) groups excluding carboxylic acids is 1. The van der Waals surface area contributed by atoms with Crippen molar-refractivity contribution in [2.24, 2.45) is 0 Å². The van der Waals surface area contributed by atoms with Gasteiger partial charge in [-0.3, -0.25) is 4.79 Å². The van der Waals surface area contributed by atoms with E-state index in [4.69, 9.17) is 9.47 Å². The smallest absolute Gasteiger partial charge is 0.156 e. The molecule has 0 saturated carbocycles.